The molecule has 0 radical (unpaired) electrons. The molecular weight excluding hydrogens is 202 g/mol. The van der Waals surface area contributed by atoms with E-state index in [-0.39, 0.29) is 5.78 Å². The van der Waals surface area contributed by atoms with Crippen LogP contribution >= 0.6 is 0 Å². The number of ketones is 1. The monoisotopic (exact) mass is 217 g/mol. The van der Waals surface area contributed by atoms with Crippen LogP contribution in [0.1, 0.15) is 12.6 Å². The van der Waals surface area contributed by atoms with Gasteiger partial charge in [-0.2, -0.15) is 0 Å². The minimum atomic E-state index is 0.151. The van der Waals surface area contributed by atoms with Gasteiger partial charge in [0.1, 0.15) is 11.4 Å². The van der Waals surface area contributed by atoms with Crippen LogP contribution in [0.2, 0.25) is 0 Å². The summed E-state index contributed by atoms with van der Waals surface area (Å²) in [4.78, 5) is 17.4. The Hall–Kier alpha value is -1.84. The maximum absolute atomic E-state index is 11.1. The Morgan fingerprint density at radius 2 is 2.25 bits per heavy atom. The fourth-order valence-electron chi connectivity index (χ4n) is 1.69. The van der Waals surface area contributed by atoms with Gasteiger partial charge >= 0.3 is 0 Å². The third kappa shape index (κ3) is 1.91. The summed E-state index contributed by atoms with van der Waals surface area (Å²) in [6.07, 6.45) is 4.15. The van der Waals surface area contributed by atoms with Gasteiger partial charge in [0.05, 0.1) is 0 Å². The van der Waals surface area contributed by atoms with Crippen molar-refractivity contribution in [3.05, 3.63) is 30.2 Å². The lowest BCUT2D eigenvalue weighted by atomic mass is 10.2. The number of fused-ring (bicyclic) bond motifs is 1. The summed E-state index contributed by atoms with van der Waals surface area (Å²) in [7, 11) is 3.98. The maximum Gasteiger partial charge on any atom is 0.138 e. The van der Waals surface area contributed by atoms with E-state index in [2.05, 4.69) is 4.98 Å². The second-order valence-electron chi connectivity index (χ2n) is 4.14. The predicted octanol–water partition coefficient (Wildman–Crippen LogP) is 1.53. The Morgan fingerprint density at radius 3 is 2.88 bits per heavy atom. The number of Topliss-reactive ketones (excluding diaryl/α,β-unsaturated/α-hetero) is 1. The third-order valence-electron chi connectivity index (χ3n) is 2.52. The number of imidazole rings is 1. The quantitative estimate of drug-likeness (QED) is 0.782. The van der Waals surface area contributed by atoms with Crippen LogP contribution < -0.4 is 4.90 Å². The van der Waals surface area contributed by atoms with Gasteiger partial charge in [-0.25, -0.2) is 4.98 Å². The first kappa shape index (κ1) is 10.7. The van der Waals surface area contributed by atoms with Gasteiger partial charge in [0, 0.05) is 50.4 Å². The van der Waals surface area contributed by atoms with E-state index in [0.29, 0.717) is 6.42 Å². The average Bonchev–Trinajstić information content (AvgIpc) is 2.60. The number of hydrogen-bond acceptors (Lipinski definition) is 3. The van der Waals surface area contributed by atoms with Crippen LogP contribution in [0.5, 0.6) is 0 Å². The minimum absolute atomic E-state index is 0.151. The zero-order valence-electron chi connectivity index (χ0n) is 9.77. The maximum atomic E-state index is 11.1. The van der Waals surface area contributed by atoms with Gasteiger partial charge in [0.15, 0.2) is 0 Å². The van der Waals surface area contributed by atoms with Crippen molar-refractivity contribution < 1.29 is 4.79 Å². The summed E-state index contributed by atoms with van der Waals surface area (Å²) in [6, 6.07) is 4.02. The van der Waals surface area contributed by atoms with Crippen molar-refractivity contribution >= 4 is 17.1 Å². The number of carbonyl (C=O) groups is 1. The molecule has 0 saturated heterocycles. The standard InChI is InChI=1S/C12H15N3O/c1-9(16)6-11-8-13-12-7-10(14(2)3)4-5-15(11)12/h4-5,7-8H,6H2,1-3H3. The second kappa shape index (κ2) is 3.96. The number of pyridine rings is 1. The lowest BCUT2D eigenvalue weighted by Gasteiger charge is -2.12. The van der Waals surface area contributed by atoms with E-state index >= 15 is 0 Å². The van der Waals surface area contributed by atoms with Crippen molar-refractivity contribution in [3.8, 4) is 0 Å². The van der Waals surface area contributed by atoms with Crippen molar-refractivity contribution in [3.63, 3.8) is 0 Å². The largest absolute Gasteiger partial charge is 0.378 e. The molecule has 0 N–H and O–H groups in total. The van der Waals surface area contributed by atoms with Crippen molar-refractivity contribution in [2.75, 3.05) is 19.0 Å². The molecule has 0 atom stereocenters. The molecule has 2 aromatic rings. The molecule has 0 unspecified atom stereocenters. The lowest BCUT2D eigenvalue weighted by Crippen LogP contribution is -2.09. The molecule has 0 aliphatic carbocycles. The van der Waals surface area contributed by atoms with Crippen LogP contribution in [0, 0.1) is 0 Å². The van der Waals surface area contributed by atoms with Crippen LogP contribution in [0.3, 0.4) is 0 Å². The highest BCUT2D eigenvalue weighted by molar-refractivity contribution is 5.78. The third-order valence-corrected chi connectivity index (χ3v) is 2.52. The molecule has 0 spiro atoms. The fourth-order valence-corrected chi connectivity index (χ4v) is 1.69. The smallest absolute Gasteiger partial charge is 0.138 e. The Bertz CT molecular complexity index is 528. The average molecular weight is 217 g/mol. The lowest BCUT2D eigenvalue weighted by molar-refractivity contribution is -0.116. The summed E-state index contributed by atoms with van der Waals surface area (Å²) in [6.45, 7) is 1.59. The molecule has 0 aliphatic heterocycles. The summed E-state index contributed by atoms with van der Waals surface area (Å²) in [5, 5.41) is 0. The summed E-state index contributed by atoms with van der Waals surface area (Å²) in [5.74, 6) is 0.151. The highest BCUT2D eigenvalue weighted by Crippen LogP contribution is 2.15. The van der Waals surface area contributed by atoms with Crippen molar-refractivity contribution in [1.29, 1.82) is 0 Å². The van der Waals surface area contributed by atoms with Gasteiger partial charge in [-0.15, -0.1) is 0 Å². The van der Waals surface area contributed by atoms with Crippen LogP contribution in [0.25, 0.3) is 5.65 Å². The van der Waals surface area contributed by atoms with Gasteiger partial charge in [-0.05, 0) is 13.0 Å². The van der Waals surface area contributed by atoms with E-state index in [1.807, 2.05) is 41.7 Å². The Morgan fingerprint density at radius 1 is 1.50 bits per heavy atom. The molecule has 2 rings (SSSR count). The molecule has 0 fully saturated rings. The van der Waals surface area contributed by atoms with Gasteiger partial charge in [-0.1, -0.05) is 0 Å². The summed E-state index contributed by atoms with van der Waals surface area (Å²) in [5.41, 5.74) is 2.92. The number of nitrogens with zero attached hydrogens (tertiary/aromatic N) is 3. The molecule has 16 heavy (non-hydrogen) atoms. The summed E-state index contributed by atoms with van der Waals surface area (Å²) >= 11 is 0. The van der Waals surface area contributed by atoms with E-state index in [9.17, 15) is 4.79 Å². The number of anilines is 1. The second-order valence-corrected chi connectivity index (χ2v) is 4.14. The molecule has 0 bridgehead atoms. The molecule has 0 aliphatic rings. The van der Waals surface area contributed by atoms with Gasteiger partial charge in [0.25, 0.3) is 0 Å². The Kier molecular flexibility index (Phi) is 2.64. The van der Waals surface area contributed by atoms with Crippen molar-refractivity contribution in [2.45, 2.75) is 13.3 Å². The van der Waals surface area contributed by atoms with E-state index in [1.54, 1.807) is 13.1 Å². The molecule has 0 aromatic carbocycles. The number of rotatable bonds is 3. The molecular formula is C12H15N3O. The Balaban J connectivity index is 2.46. The van der Waals surface area contributed by atoms with Gasteiger partial charge in [-0.3, -0.25) is 4.79 Å². The van der Waals surface area contributed by atoms with Crippen LogP contribution in [0.4, 0.5) is 5.69 Å². The molecule has 2 aromatic heterocycles. The topological polar surface area (TPSA) is 37.6 Å². The van der Waals surface area contributed by atoms with Crippen molar-refractivity contribution in [1.82, 2.24) is 9.38 Å². The van der Waals surface area contributed by atoms with E-state index in [4.69, 9.17) is 0 Å². The normalized spacial score (nSPS) is 10.7. The zero-order chi connectivity index (χ0) is 11.7. The molecule has 0 amide bonds. The van der Waals surface area contributed by atoms with Crippen LogP contribution in [-0.4, -0.2) is 29.3 Å². The number of aromatic nitrogens is 2. The van der Waals surface area contributed by atoms with E-state index in [1.165, 1.54) is 0 Å². The number of carbonyl (C=O) groups excluding carboxylic acids is 1. The van der Waals surface area contributed by atoms with Crippen LogP contribution in [0.15, 0.2) is 24.5 Å². The first-order valence-electron chi connectivity index (χ1n) is 5.20. The van der Waals surface area contributed by atoms with Crippen molar-refractivity contribution in [2.24, 2.45) is 0 Å². The molecule has 0 saturated carbocycles. The van der Waals surface area contributed by atoms with Gasteiger partial charge < -0.3 is 9.30 Å². The van der Waals surface area contributed by atoms with Gasteiger partial charge in [0.2, 0.25) is 0 Å². The SMILES string of the molecule is CC(=O)Cc1cnc2cc(N(C)C)ccn12. The van der Waals surface area contributed by atoms with E-state index < -0.39 is 0 Å². The highest BCUT2D eigenvalue weighted by Gasteiger charge is 2.06. The molecule has 2 heterocycles. The highest BCUT2D eigenvalue weighted by atomic mass is 16.1. The first-order chi connectivity index (χ1) is 7.58. The molecule has 4 nitrogen and oxygen atoms in total. The molecule has 4 heteroatoms. The van der Waals surface area contributed by atoms with Crippen LogP contribution in [-0.2, 0) is 11.2 Å². The number of hydrogen-bond donors (Lipinski definition) is 0. The molecule has 84 valence electrons. The minimum Gasteiger partial charge on any atom is -0.378 e. The van der Waals surface area contributed by atoms with E-state index in [0.717, 1.165) is 17.0 Å². The summed E-state index contributed by atoms with van der Waals surface area (Å²) < 4.78 is 1.95. The first-order valence-corrected chi connectivity index (χ1v) is 5.20. The predicted molar refractivity (Wildman–Crippen MR) is 63.9 cm³/mol. The zero-order valence-corrected chi connectivity index (χ0v) is 9.77. The fraction of sp³-hybridized carbons (Fsp3) is 0.333. The Labute approximate surface area is 94.5 Å².